The zero-order chi connectivity index (χ0) is 14.7. The quantitative estimate of drug-likeness (QED) is 0.918. The molecule has 1 aromatic carbocycles. The Morgan fingerprint density at radius 1 is 1.45 bits per heavy atom. The number of benzene rings is 1. The third-order valence-electron chi connectivity index (χ3n) is 3.02. The lowest BCUT2D eigenvalue weighted by molar-refractivity contribution is -0.136. The van der Waals surface area contributed by atoms with Crippen LogP contribution >= 0.6 is 11.3 Å². The van der Waals surface area contributed by atoms with Crippen LogP contribution in [0.1, 0.15) is 22.4 Å². The summed E-state index contributed by atoms with van der Waals surface area (Å²) in [6.07, 6.45) is 0.824. The zero-order valence-corrected chi connectivity index (χ0v) is 12.6. The molecule has 0 saturated carbocycles. The Morgan fingerprint density at radius 2 is 2.20 bits per heavy atom. The van der Waals surface area contributed by atoms with Crippen molar-refractivity contribution in [1.82, 2.24) is 4.98 Å². The van der Waals surface area contributed by atoms with E-state index in [0.29, 0.717) is 0 Å². The van der Waals surface area contributed by atoms with E-state index >= 15 is 0 Å². The third-order valence-corrected chi connectivity index (χ3v) is 4.22. The van der Waals surface area contributed by atoms with Crippen LogP contribution in [0.15, 0.2) is 18.2 Å². The molecule has 0 radical (unpaired) electrons. The van der Waals surface area contributed by atoms with Gasteiger partial charge >= 0.3 is 5.97 Å². The molecule has 0 spiro atoms. The van der Waals surface area contributed by atoms with Crippen LogP contribution in [-0.2, 0) is 17.6 Å². The average molecular weight is 291 g/mol. The fourth-order valence-electron chi connectivity index (χ4n) is 2.06. The van der Waals surface area contributed by atoms with Gasteiger partial charge in [-0.05, 0) is 37.1 Å². The molecule has 0 bridgehead atoms. The second-order valence-electron chi connectivity index (χ2n) is 4.49. The number of methoxy groups -OCH3 is 1. The van der Waals surface area contributed by atoms with E-state index in [1.807, 2.05) is 32.0 Å². The minimum Gasteiger partial charge on any atom is -0.496 e. The first-order chi connectivity index (χ1) is 9.55. The summed E-state index contributed by atoms with van der Waals surface area (Å²) in [4.78, 5) is 16.3. The molecular weight excluding hydrogens is 274 g/mol. The highest BCUT2D eigenvalue weighted by Crippen LogP contribution is 2.31. The Kier molecular flexibility index (Phi) is 4.39. The van der Waals surface area contributed by atoms with Gasteiger partial charge in [0.15, 0.2) is 0 Å². The normalized spacial score (nSPS) is 10.6. The number of carboxylic acid groups (broad SMARTS) is 1. The molecule has 1 heterocycles. The fourth-order valence-corrected chi connectivity index (χ4v) is 3.08. The number of aryl methyl sites for hydroxylation is 2. The molecule has 0 aliphatic carbocycles. The largest absolute Gasteiger partial charge is 0.496 e. The smallest absolute Gasteiger partial charge is 0.308 e. The van der Waals surface area contributed by atoms with Crippen molar-refractivity contribution in [3.63, 3.8) is 0 Å². The van der Waals surface area contributed by atoms with Gasteiger partial charge < -0.3 is 9.84 Å². The molecule has 0 unspecified atom stereocenters. The van der Waals surface area contributed by atoms with E-state index in [4.69, 9.17) is 9.84 Å². The maximum Gasteiger partial charge on any atom is 0.308 e. The molecular formula is C15H17NO3S. The molecule has 0 atom stereocenters. The lowest BCUT2D eigenvalue weighted by Gasteiger charge is -2.07. The van der Waals surface area contributed by atoms with E-state index in [0.717, 1.165) is 38.9 Å². The SMILES string of the molecule is CCc1nc(-c2ccc(OC)c(C)c2)c(CC(=O)O)s1. The Hall–Kier alpha value is -1.88. The second-order valence-corrected chi connectivity index (χ2v) is 5.66. The summed E-state index contributed by atoms with van der Waals surface area (Å²) in [6.45, 7) is 3.98. The summed E-state index contributed by atoms with van der Waals surface area (Å²) in [5.74, 6) is -0.0118. The van der Waals surface area contributed by atoms with Gasteiger partial charge in [0.25, 0.3) is 0 Å². The first-order valence-corrected chi connectivity index (χ1v) is 7.22. The number of hydrogen-bond donors (Lipinski definition) is 1. The van der Waals surface area contributed by atoms with Gasteiger partial charge in [-0.15, -0.1) is 11.3 Å². The van der Waals surface area contributed by atoms with E-state index in [-0.39, 0.29) is 6.42 Å². The number of carboxylic acids is 1. The molecule has 2 aromatic rings. The molecule has 4 nitrogen and oxygen atoms in total. The van der Waals surface area contributed by atoms with Crippen LogP contribution in [0.5, 0.6) is 5.75 Å². The molecule has 0 fully saturated rings. The number of aromatic nitrogens is 1. The first kappa shape index (κ1) is 14.5. The maximum absolute atomic E-state index is 11.0. The van der Waals surface area contributed by atoms with Crippen molar-refractivity contribution in [3.8, 4) is 17.0 Å². The van der Waals surface area contributed by atoms with Crippen molar-refractivity contribution in [1.29, 1.82) is 0 Å². The molecule has 0 amide bonds. The number of nitrogens with zero attached hydrogens (tertiary/aromatic N) is 1. The van der Waals surface area contributed by atoms with Gasteiger partial charge in [-0.25, -0.2) is 4.98 Å². The molecule has 5 heteroatoms. The van der Waals surface area contributed by atoms with Gasteiger partial charge in [-0.3, -0.25) is 4.79 Å². The first-order valence-electron chi connectivity index (χ1n) is 6.40. The van der Waals surface area contributed by atoms with Crippen LogP contribution in [0, 0.1) is 6.92 Å². The van der Waals surface area contributed by atoms with Gasteiger partial charge in [0, 0.05) is 10.4 Å². The zero-order valence-electron chi connectivity index (χ0n) is 11.8. The third kappa shape index (κ3) is 2.99. The highest BCUT2D eigenvalue weighted by atomic mass is 32.1. The highest BCUT2D eigenvalue weighted by Gasteiger charge is 2.15. The number of hydrogen-bond acceptors (Lipinski definition) is 4. The number of carbonyl (C=O) groups is 1. The molecule has 0 aliphatic heterocycles. The molecule has 20 heavy (non-hydrogen) atoms. The van der Waals surface area contributed by atoms with Gasteiger partial charge in [-0.1, -0.05) is 6.92 Å². The van der Waals surface area contributed by atoms with Gasteiger partial charge in [0.05, 0.1) is 24.2 Å². The number of aliphatic carboxylic acids is 1. The van der Waals surface area contributed by atoms with Crippen molar-refractivity contribution in [3.05, 3.63) is 33.6 Å². The Labute approximate surface area is 122 Å². The average Bonchev–Trinajstić information content (AvgIpc) is 2.81. The van der Waals surface area contributed by atoms with E-state index in [1.165, 1.54) is 11.3 Å². The number of thiazole rings is 1. The van der Waals surface area contributed by atoms with Crippen LogP contribution in [-0.4, -0.2) is 23.2 Å². The summed E-state index contributed by atoms with van der Waals surface area (Å²) in [5, 5.41) is 9.98. The Bertz CT molecular complexity index is 634. The molecule has 0 aliphatic rings. The van der Waals surface area contributed by atoms with Crippen LogP contribution in [0.25, 0.3) is 11.3 Å². The topological polar surface area (TPSA) is 59.4 Å². The monoisotopic (exact) mass is 291 g/mol. The minimum atomic E-state index is -0.831. The Balaban J connectivity index is 2.47. The van der Waals surface area contributed by atoms with E-state index < -0.39 is 5.97 Å². The number of ether oxygens (including phenoxy) is 1. The van der Waals surface area contributed by atoms with E-state index in [2.05, 4.69) is 4.98 Å². The van der Waals surface area contributed by atoms with Crippen LogP contribution < -0.4 is 4.74 Å². The fraction of sp³-hybridized carbons (Fsp3) is 0.333. The van der Waals surface area contributed by atoms with E-state index in [9.17, 15) is 4.79 Å². The lowest BCUT2D eigenvalue weighted by Crippen LogP contribution is -1.99. The minimum absolute atomic E-state index is 0.0120. The van der Waals surface area contributed by atoms with Crippen LogP contribution in [0.2, 0.25) is 0 Å². The molecule has 0 saturated heterocycles. The maximum atomic E-state index is 11.0. The van der Waals surface area contributed by atoms with Crippen LogP contribution in [0.3, 0.4) is 0 Å². The predicted octanol–water partition coefficient (Wildman–Crippen LogP) is 3.32. The van der Waals surface area contributed by atoms with Crippen LogP contribution in [0.4, 0.5) is 0 Å². The molecule has 2 rings (SSSR count). The molecule has 1 aromatic heterocycles. The second kappa shape index (κ2) is 6.05. The van der Waals surface area contributed by atoms with Gasteiger partial charge in [0.1, 0.15) is 5.75 Å². The summed E-state index contributed by atoms with van der Waals surface area (Å²) in [7, 11) is 1.63. The number of rotatable bonds is 5. The summed E-state index contributed by atoms with van der Waals surface area (Å²) < 4.78 is 5.25. The lowest BCUT2D eigenvalue weighted by atomic mass is 10.1. The highest BCUT2D eigenvalue weighted by molar-refractivity contribution is 7.12. The molecule has 106 valence electrons. The van der Waals surface area contributed by atoms with Gasteiger partial charge in [-0.2, -0.15) is 0 Å². The Morgan fingerprint density at radius 3 is 2.75 bits per heavy atom. The van der Waals surface area contributed by atoms with Gasteiger partial charge in [0.2, 0.25) is 0 Å². The molecule has 1 N–H and O–H groups in total. The van der Waals surface area contributed by atoms with Crippen molar-refractivity contribution in [2.75, 3.05) is 7.11 Å². The van der Waals surface area contributed by atoms with Crippen molar-refractivity contribution in [2.45, 2.75) is 26.7 Å². The predicted molar refractivity (Wildman–Crippen MR) is 79.6 cm³/mol. The summed E-state index contributed by atoms with van der Waals surface area (Å²) in [5.41, 5.74) is 2.73. The van der Waals surface area contributed by atoms with E-state index in [1.54, 1.807) is 7.11 Å². The van der Waals surface area contributed by atoms with Crippen molar-refractivity contribution in [2.24, 2.45) is 0 Å². The van der Waals surface area contributed by atoms with Crippen molar-refractivity contribution < 1.29 is 14.6 Å². The summed E-state index contributed by atoms with van der Waals surface area (Å²) in [6, 6.07) is 5.80. The standard InChI is InChI=1S/C15H17NO3S/c1-4-13-16-15(12(20-13)8-14(17)18)10-5-6-11(19-3)9(2)7-10/h5-7H,4,8H2,1-3H3,(H,17,18). The van der Waals surface area contributed by atoms with Crippen molar-refractivity contribution >= 4 is 17.3 Å². The summed E-state index contributed by atoms with van der Waals surface area (Å²) >= 11 is 1.48.